The number of hydrogen-bond acceptors (Lipinski definition) is 4. The first-order valence-corrected chi connectivity index (χ1v) is 8.32. The third-order valence-corrected chi connectivity index (χ3v) is 4.45. The molecule has 0 saturated heterocycles. The first kappa shape index (κ1) is 16.1. The topological polar surface area (TPSA) is 84.1 Å². The summed E-state index contributed by atoms with van der Waals surface area (Å²) in [6.45, 7) is 1.92. The average Bonchev–Trinajstić information content (AvgIpc) is 2.93. The molecule has 2 N–H and O–H groups in total. The monoisotopic (exact) mass is 347 g/mol. The molecule has 3 aromatic rings. The van der Waals surface area contributed by atoms with Gasteiger partial charge in [0.2, 0.25) is 0 Å². The van der Waals surface area contributed by atoms with Crippen LogP contribution in [0.5, 0.6) is 0 Å². The highest BCUT2D eigenvalue weighted by Gasteiger charge is 2.29. The van der Waals surface area contributed by atoms with Crippen molar-refractivity contribution in [2.45, 2.75) is 12.8 Å². The number of fused-ring (bicyclic) bond motifs is 3. The summed E-state index contributed by atoms with van der Waals surface area (Å²) in [7, 11) is 0. The zero-order valence-corrected chi connectivity index (χ0v) is 14.2. The zero-order chi connectivity index (χ0) is 18.1. The van der Waals surface area contributed by atoms with Gasteiger partial charge in [-0.3, -0.25) is 5.32 Å². The Labute approximate surface area is 149 Å². The minimum atomic E-state index is -0.635. The number of aromatic nitrogens is 2. The van der Waals surface area contributed by atoms with Crippen molar-refractivity contribution in [1.29, 1.82) is 0 Å². The smallest absolute Gasteiger partial charge is 0.412 e. The Balaban J connectivity index is 1.51. The van der Waals surface area contributed by atoms with Crippen LogP contribution in [-0.4, -0.2) is 22.7 Å². The number of carbonyl (C=O) groups excluding carboxylic acids is 1. The normalized spacial score (nSPS) is 12.3. The van der Waals surface area contributed by atoms with Crippen molar-refractivity contribution in [3.63, 3.8) is 0 Å². The number of hydrogen-bond donors (Lipinski definition) is 2. The summed E-state index contributed by atoms with van der Waals surface area (Å²) in [5, 5.41) is 2.50. The second kappa shape index (κ2) is 6.48. The summed E-state index contributed by atoms with van der Waals surface area (Å²) in [6, 6.07) is 17.8. The van der Waals surface area contributed by atoms with Crippen LogP contribution in [0.4, 0.5) is 10.6 Å². The van der Waals surface area contributed by atoms with Gasteiger partial charge in [-0.25, -0.2) is 9.59 Å². The third-order valence-electron chi connectivity index (χ3n) is 4.45. The van der Waals surface area contributed by atoms with Gasteiger partial charge in [0.15, 0.2) is 0 Å². The molecule has 26 heavy (non-hydrogen) atoms. The van der Waals surface area contributed by atoms with Crippen LogP contribution < -0.4 is 11.0 Å². The Hall–Kier alpha value is -3.41. The quantitative estimate of drug-likeness (QED) is 0.760. The first-order chi connectivity index (χ1) is 12.6. The van der Waals surface area contributed by atoms with Crippen molar-refractivity contribution in [3.8, 4) is 11.1 Å². The van der Waals surface area contributed by atoms with Crippen LogP contribution in [-0.2, 0) is 4.74 Å². The summed E-state index contributed by atoms with van der Waals surface area (Å²) < 4.78 is 5.42. The summed E-state index contributed by atoms with van der Waals surface area (Å²) in [5.41, 5.74) is 4.73. The molecule has 0 fully saturated rings. The summed E-state index contributed by atoms with van der Waals surface area (Å²) in [6.07, 6.45) is -0.635. The number of ether oxygens (including phenoxy) is 1. The molecule has 6 nitrogen and oxygen atoms in total. The van der Waals surface area contributed by atoms with Crippen LogP contribution in [0.25, 0.3) is 11.1 Å². The molecule has 0 unspecified atom stereocenters. The van der Waals surface area contributed by atoms with Gasteiger partial charge in [-0.15, -0.1) is 0 Å². The van der Waals surface area contributed by atoms with Gasteiger partial charge in [0.1, 0.15) is 12.4 Å². The van der Waals surface area contributed by atoms with Gasteiger partial charge in [-0.05, 0) is 29.2 Å². The number of rotatable bonds is 3. The molecular weight excluding hydrogens is 330 g/mol. The minimum absolute atomic E-state index is 0.0120. The predicted molar refractivity (Wildman–Crippen MR) is 98.3 cm³/mol. The Morgan fingerprint density at radius 2 is 1.73 bits per heavy atom. The Morgan fingerprint density at radius 3 is 2.35 bits per heavy atom. The molecule has 1 heterocycles. The second-order valence-corrected chi connectivity index (χ2v) is 6.21. The number of nitrogens with zero attached hydrogens (tertiary/aromatic N) is 1. The van der Waals surface area contributed by atoms with Crippen LogP contribution in [0.1, 0.15) is 22.7 Å². The lowest BCUT2D eigenvalue weighted by molar-refractivity contribution is 0.158. The van der Waals surface area contributed by atoms with Gasteiger partial charge in [-0.1, -0.05) is 48.5 Å². The van der Waals surface area contributed by atoms with E-state index in [9.17, 15) is 9.59 Å². The number of aromatic amines is 1. The molecule has 1 aliphatic carbocycles. The molecule has 0 aliphatic heterocycles. The molecule has 0 spiro atoms. The van der Waals surface area contributed by atoms with E-state index in [0.29, 0.717) is 5.69 Å². The molecule has 2 aromatic carbocycles. The molecule has 0 saturated carbocycles. The van der Waals surface area contributed by atoms with E-state index in [1.54, 1.807) is 13.0 Å². The Morgan fingerprint density at radius 1 is 1.12 bits per heavy atom. The molecule has 1 amide bonds. The lowest BCUT2D eigenvalue weighted by Gasteiger charge is -2.14. The molecule has 6 heteroatoms. The van der Waals surface area contributed by atoms with Gasteiger partial charge < -0.3 is 9.72 Å². The van der Waals surface area contributed by atoms with E-state index in [-0.39, 0.29) is 18.3 Å². The van der Waals surface area contributed by atoms with E-state index in [2.05, 4.69) is 39.6 Å². The summed E-state index contributed by atoms with van der Waals surface area (Å²) in [5.74, 6) is 0.158. The third kappa shape index (κ3) is 2.97. The predicted octanol–water partition coefficient (Wildman–Crippen LogP) is 3.44. The molecule has 0 radical (unpaired) electrons. The average molecular weight is 347 g/mol. The van der Waals surface area contributed by atoms with Crippen LogP contribution in [0.15, 0.2) is 59.4 Å². The highest BCUT2D eigenvalue weighted by Crippen LogP contribution is 2.44. The van der Waals surface area contributed by atoms with Crippen molar-refractivity contribution >= 4 is 11.9 Å². The van der Waals surface area contributed by atoms with Gasteiger partial charge >= 0.3 is 11.8 Å². The first-order valence-electron chi connectivity index (χ1n) is 8.32. The van der Waals surface area contributed by atoms with Gasteiger partial charge in [0, 0.05) is 17.7 Å². The van der Waals surface area contributed by atoms with Gasteiger partial charge in [0.05, 0.1) is 0 Å². The molecule has 130 valence electrons. The number of nitrogens with one attached hydrogen (secondary N) is 2. The maximum Gasteiger partial charge on any atom is 0.412 e. The fourth-order valence-corrected chi connectivity index (χ4v) is 3.38. The number of aryl methyl sites for hydroxylation is 1. The van der Waals surface area contributed by atoms with Crippen molar-refractivity contribution in [3.05, 3.63) is 81.9 Å². The van der Waals surface area contributed by atoms with E-state index in [1.165, 1.54) is 11.1 Å². The van der Waals surface area contributed by atoms with Gasteiger partial charge in [0.25, 0.3) is 0 Å². The Bertz CT molecular complexity index is 997. The van der Waals surface area contributed by atoms with Crippen molar-refractivity contribution < 1.29 is 9.53 Å². The minimum Gasteiger partial charge on any atom is -0.448 e. The van der Waals surface area contributed by atoms with E-state index in [1.807, 2.05) is 24.3 Å². The molecule has 0 atom stereocenters. The SMILES string of the molecule is Cc1cc(NC(=O)OCC2c3ccccc3-c3ccccc32)nc(=O)[nH]1. The molecular formula is C20H17N3O3. The molecule has 1 aliphatic rings. The number of benzene rings is 2. The second-order valence-electron chi connectivity index (χ2n) is 6.21. The van der Waals surface area contributed by atoms with E-state index in [4.69, 9.17) is 4.74 Å². The number of amides is 1. The maximum atomic E-state index is 12.1. The van der Waals surface area contributed by atoms with Crippen molar-refractivity contribution in [2.75, 3.05) is 11.9 Å². The van der Waals surface area contributed by atoms with Gasteiger partial charge in [-0.2, -0.15) is 4.98 Å². The lowest BCUT2D eigenvalue weighted by Crippen LogP contribution is -2.21. The van der Waals surface area contributed by atoms with E-state index >= 15 is 0 Å². The fourth-order valence-electron chi connectivity index (χ4n) is 3.38. The molecule has 4 rings (SSSR count). The van der Waals surface area contributed by atoms with Crippen molar-refractivity contribution in [2.24, 2.45) is 0 Å². The van der Waals surface area contributed by atoms with Crippen molar-refractivity contribution in [1.82, 2.24) is 9.97 Å². The van der Waals surface area contributed by atoms with Crippen LogP contribution in [0.3, 0.4) is 0 Å². The maximum absolute atomic E-state index is 12.1. The van der Waals surface area contributed by atoms with Crippen LogP contribution >= 0.6 is 0 Å². The number of anilines is 1. The summed E-state index contributed by atoms with van der Waals surface area (Å²) >= 11 is 0. The lowest BCUT2D eigenvalue weighted by atomic mass is 9.98. The zero-order valence-electron chi connectivity index (χ0n) is 14.2. The van der Waals surface area contributed by atoms with E-state index < -0.39 is 11.8 Å². The standard InChI is InChI=1S/C20H17N3O3/c1-12-10-18(22-19(24)21-12)23-20(25)26-11-17-15-8-4-2-6-13(15)14-7-3-5-9-16(14)17/h2-10,17H,11H2,1H3,(H2,21,22,23,24,25). The summed E-state index contributed by atoms with van der Waals surface area (Å²) in [4.78, 5) is 29.7. The van der Waals surface area contributed by atoms with E-state index in [0.717, 1.165) is 11.1 Å². The molecule has 0 bridgehead atoms. The van der Waals surface area contributed by atoms with Crippen LogP contribution in [0.2, 0.25) is 0 Å². The highest BCUT2D eigenvalue weighted by molar-refractivity contribution is 5.84. The number of H-pyrrole nitrogens is 1. The number of carbonyl (C=O) groups is 1. The highest BCUT2D eigenvalue weighted by atomic mass is 16.5. The Kier molecular flexibility index (Phi) is 4.01. The fraction of sp³-hybridized carbons (Fsp3) is 0.150. The largest absolute Gasteiger partial charge is 0.448 e. The van der Waals surface area contributed by atoms with Crippen LogP contribution in [0, 0.1) is 6.92 Å². The molecule has 1 aromatic heterocycles.